The predicted octanol–water partition coefficient (Wildman–Crippen LogP) is 6.63. The number of esters is 1. The minimum absolute atomic E-state index is 0.0342. The number of carbonyl (C=O) groups excluding carboxylic acids is 1. The van der Waals surface area contributed by atoms with Crippen molar-refractivity contribution in [2.75, 3.05) is 19.4 Å². The van der Waals surface area contributed by atoms with Gasteiger partial charge in [0.2, 0.25) is 0 Å². The number of phenols is 1. The first-order valence-corrected chi connectivity index (χ1v) is 13.6. The van der Waals surface area contributed by atoms with Crippen molar-refractivity contribution in [1.29, 1.82) is 0 Å². The van der Waals surface area contributed by atoms with Crippen molar-refractivity contribution in [2.45, 2.75) is 101 Å². The lowest BCUT2D eigenvalue weighted by Gasteiger charge is -2.43. The minimum atomic E-state index is -0.556. The molecule has 0 aliphatic heterocycles. The van der Waals surface area contributed by atoms with E-state index in [4.69, 9.17) is 16.2 Å². The number of benzene rings is 1. The van der Waals surface area contributed by atoms with E-state index in [9.17, 15) is 9.90 Å². The van der Waals surface area contributed by atoms with Crippen LogP contribution in [0, 0.1) is 21.7 Å². The molecule has 6 nitrogen and oxygen atoms in total. The molecule has 1 aromatic rings. The Kier molecular flexibility index (Phi) is 13.8. The monoisotopic (exact) mass is 531 g/mol. The van der Waals surface area contributed by atoms with E-state index in [-0.39, 0.29) is 28.6 Å². The zero-order valence-corrected chi connectivity index (χ0v) is 26.2. The van der Waals surface area contributed by atoms with E-state index < -0.39 is 5.41 Å². The molecule has 6 N–H and O–H groups in total. The zero-order chi connectivity index (χ0) is 29.9. The molecule has 0 saturated carbocycles. The number of allylic oxidation sites excluding steroid dienone is 2. The second-order valence-electron chi connectivity index (χ2n) is 14.3. The Morgan fingerprint density at radius 2 is 1.50 bits per heavy atom. The molecule has 0 bridgehead atoms. The Hall–Kier alpha value is -2.31. The lowest BCUT2D eigenvalue weighted by atomic mass is 9.61. The predicted molar refractivity (Wildman–Crippen MR) is 163 cm³/mol. The van der Waals surface area contributed by atoms with Crippen molar-refractivity contribution in [2.24, 2.45) is 27.4 Å². The Morgan fingerprint density at radius 3 is 1.89 bits per heavy atom. The highest BCUT2D eigenvalue weighted by Crippen LogP contribution is 2.47. The summed E-state index contributed by atoms with van der Waals surface area (Å²) in [7, 11) is 1.91. The fourth-order valence-corrected chi connectivity index (χ4v) is 3.80. The molecule has 1 aliphatic carbocycles. The van der Waals surface area contributed by atoms with E-state index >= 15 is 0 Å². The van der Waals surface area contributed by atoms with Crippen LogP contribution in [0.1, 0.15) is 88.1 Å². The van der Waals surface area contributed by atoms with Crippen LogP contribution in [-0.4, -0.2) is 36.8 Å². The topological polar surface area (TPSA) is 111 Å². The Bertz CT molecular complexity index is 911. The molecule has 0 fully saturated rings. The van der Waals surface area contributed by atoms with Crippen LogP contribution < -0.4 is 16.8 Å². The average molecular weight is 532 g/mol. The van der Waals surface area contributed by atoms with Gasteiger partial charge in [0.1, 0.15) is 5.75 Å². The fourth-order valence-electron chi connectivity index (χ4n) is 3.80. The number of hydrogen-bond acceptors (Lipinski definition) is 6. The number of hydrogen-bond donors (Lipinski definition) is 4. The van der Waals surface area contributed by atoms with Gasteiger partial charge in [0.25, 0.3) is 0 Å². The fraction of sp³-hybridized carbons (Fsp3) is 0.656. The first kappa shape index (κ1) is 35.7. The van der Waals surface area contributed by atoms with Crippen molar-refractivity contribution in [3.63, 3.8) is 0 Å². The molecule has 0 spiro atoms. The third-order valence-corrected chi connectivity index (χ3v) is 6.22. The highest BCUT2D eigenvalue weighted by atomic mass is 16.5. The van der Waals surface area contributed by atoms with Gasteiger partial charge in [-0.3, -0.25) is 4.79 Å². The van der Waals surface area contributed by atoms with Crippen molar-refractivity contribution >= 4 is 11.7 Å². The molecule has 3 atom stereocenters. The SMILES string of the molecule is CC(C)(C)C.CC(C)(C)CC(C)(C(=O)OCCc1ccc(O)c(N)c1)C(C)(C)C.CNC1C=CC=CC1N. The number of anilines is 1. The second-order valence-corrected chi connectivity index (χ2v) is 14.3. The summed E-state index contributed by atoms with van der Waals surface area (Å²) in [5.74, 6) is -0.0853. The molecular weight excluding hydrogens is 474 g/mol. The number of carbonyl (C=O) groups is 1. The number of phenolic OH excluding ortho intramolecular Hbond substituents is 1. The summed E-state index contributed by atoms with van der Waals surface area (Å²) in [5, 5.41) is 12.5. The lowest BCUT2D eigenvalue weighted by Crippen LogP contribution is -2.44. The maximum absolute atomic E-state index is 12.8. The molecule has 0 saturated heterocycles. The van der Waals surface area contributed by atoms with Crippen LogP contribution in [0.4, 0.5) is 5.69 Å². The van der Waals surface area contributed by atoms with Crippen LogP contribution in [0.2, 0.25) is 0 Å². The molecule has 3 unspecified atom stereocenters. The summed E-state index contributed by atoms with van der Waals surface area (Å²) in [6.07, 6.45) is 9.36. The number of nitrogens with two attached hydrogens (primary N) is 2. The highest BCUT2D eigenvalue weighted by Gasteiger charge is 2.47. The summed E-state index contributed by atoms with van der Waals surface area (Å²) >= 11 is 0. The Morgan fingerprint density at radius 1 is 0.974 bits per heavy atom. The van der Waals surface area contributed by atoms with Gasteiger partial charge >= 0.3 is 5.97 Å². The number of rotatable bonds is 6. The van der Waals surface area contributed by atoms with Crippen LogP contribution in [0.15, 0.2) is 42.5 Å². The molecule has 6 heteroatoms. The van der Waals surface area contributed by atoms with Gasteiger partial charge in [-0.05, 0) is 54.3 Å². The first-order valence-electron chi connectivity index (χ1n) is 13.6. The van der Waals surface area contributed by atoms with Gasteiger partial charge < -0.3 is 26.6 Å². The van der Waals surface area contributed by atoms with Gasteiger partial charge in [-0.15, -0.1) is 0 Å². The molecule has 218 valence electrons. The standard InChI is InChI=1S/C20H33NO3.C7H12N2.C5H12/c1-18(2,3)13-20(7,19(4,5)6)17(23)24-11-10-14-8-9-16(22)15(21)12-14;1-9-7-5-3-2-4-6(7)8;1-5(2,3)4/h8-9,12,22H,10-11,13,21H2,1-7H3;2-7,9H,8H2,1H3;1-4H3. The van der Waals surface area contributed by atoms with Crippen LogP contribution in [0.3, 0.4) is 0 Å². The quantitative estimate of drug-likeness (QED) is 0.186. The summed E-state index contributed by atoms with van der Waals surface area (Å²) < 4.78 is 5.61. The van der Waals surface area contributed by atoms with Crippen LogP contribution in [-0.2, 0) is 16.0 Å². The van der Waals surface area contributed by atoms with Gasteiger partial charge in [0, 0.05) is 18.5 Å². The molecule has 1 aliphatic rings. The lowest BCUT2D eigenvalue weighted by molar-refractivity contribution is -0.164. The molecule has 0 heterocycles. The van der Waals surface area contributed by atoms with E-state index in [1.54, 1.807) is 18.2 Å². The van der Waals surface area contributed by atoms with Crippen LogP contribution in [0.5, 0.6) is 5.75 Å². The molecule has 0 aromatic heterocycles. The first-order chi connectivity index (χ1) is 17.1. The molecule has 0 amide bonds. The van der Waals surface area contributed by atoms with Gasteiger partial charge in [-0.1, -0.05) is 99.6 Å². The largest absolute Gasteiger partial charge is 0.506 e. The molecule has 38 heavy (non-hydrogen) atoms. The summed E-state index contributed by atoms with van der Waals surface area (Å²) in [5.41, 5.74) is 12.4. The molecule has 1 aromatic carbocycles. The average Bonchev–Trinajstić information content (AvgIpc) is 2.74. The van der Waals surface area contributed by atoms with Crippen LogP contribution in [0.25, 0.3) is 0 Å². The number of nitrogens with one attached hydrogen (secondary N) is 1. The van der Waals surface area contributed by atoms with Crippen LogP contribution >= 0.6 is 0 Å². The summed E-state index contributed by atoms with van der Waals surface area (Å²) in [6.45, 7) is 23.7. The third kappa shape index (κ3) is 14.0. The number of ether oxygens (including phenoxy) is 1. The van der Waals surface area contributed by atoms with E-state index in [0.29, 0.717) is 30.2 Å². The van der Waals surface area contributed by atoms with Crippen molar-refractivity contribution in [1.82, 2.24) is 5.32 Å². The van der Waals surface area contributed by atoms with E-state index in [1.807, 2.05) is 32.2 Å². The summed E-state index contributed by atoms with van der Waals surface area (Å²) in [4.78, 5) is 12.8. The number of likely N-dealkylation sites (N-methyl/N-ethyl adjacent to an activating group) is 1. The number of nitrogen functional groups attached to an aromatic ring is 1. The number of aromatic hydroxyl groups is 1. The van der Waals surface area contributed by atoms with E-state index in [1.165, 1.54) is 0 Å². The Labute approximate surface area is 233 Å². The molecular formula is C32H57N3O3. The summed E-state index contributed by atoms with van der Waals surface area (Å²) in [6, 6.07) is 5.51. The highest BCUT2D eigenvalue weighted by molar-refractivity contribution is 5.77. The molecule has 2 rings (SSSR count). The van der Waals surface area contributed by atoms with E-state index in [2.05, 4.69) is 80.6 Å². The maximum atomic E-state index is 12.8. The van der Waals surface area contributed by atoms with Crippen molar-refractivity contribution in [3.05, 3.63) is 48.1 Å². The smallest absolute Gasteiger partial charge is 0.312 e. The second kappa shape index (κ2) is 14.7. The van der Waals surface area contributed by atoms with Gasteiger partial charge in [-0.25, -0.2) is 0 Å². The normalized spacial score (nSPS) is 18.9. The zero-order valence-electron chi connectivity index (χ0n) is 26.2. The molecule has 0 radical (unpaired) electrons. The third-order valence-electron chi connectivity index (χ3n) is 6.22. The maximum Gasteiger partial charge on any atom is 0.312 e. The van der Waals surface area contributed by atoms with E-state index in [0.717, 1.165) is 12.0 Å². The van der Waals surface area contributed by atoms with Gasteiger partial charge in [0.05, 0.1) is 17.7 Å². The van der Waals surface area contributed by atoms with Gasteiger partial charge in [0.15, 0.2) is 0 Å². The van der Waals surface area contributed by atoms with Gasteiger partial charge in [-0.2, -0.15) is 0 Å². The van der Waals surface area contributed by atoms with Crippen molar-refractivity contribution in [3.8, 4) is 5.75 Å². The Balaban J connectivity index is 0.000000794. The van der Waals surface area contributed by atoms with Crippen molar-refractivity contribution < 1.29 is 14.6 Å². The minimum Gasteiger partial charge on any atom is -0.506 e.